The van der Waals surface area contributed by atoms with Crippen LogP contribution in [0.25, 0.3) is 32.3 Å². The highest BCUT2D eigenvalue weighted by Crippen LogP contribution is 2.54. The van der Waals surface area contributed by atoms with Crippen molar-refractivity contribution in [1.82, 2.24) is 0 Å². The zero-order chi connectivity index (χ0) is 42.9. The number of carboxylic acid groups (broad SMARTS) is 2. The average Bonchev–Trinajstić information content (AvgIpc) is 3.26. The fourth-order valence-corrected chi connectivity index (χ4v) is 9.19. The predicted octanol–water partition coefficient (Wildman–Crippen LogP) is 13.1. The molecule has 0 aromatic heterocycles. The van der Waals surface area contributed by atoms with Crippen LogP contribution in [0.3, 0.4) is 0 Å². The van der Waals surface area contributed by atoms with Gasteiger partial charge < -0.3 is 29.9 Å². The molecule has 1 atom stereocenters. The Labute approximate surface area is 357 Å². The fourth-order valence-electron chi connectivity index (χ4n) is 9.19. The summed E-state index contributed by atoms with van der Waals surface area (Å²) in [4.78, 5) is 39.9. The van der Waals surface area contributed by atoms with Gasteiger partial charge in [-0.25, -0.2) is 14.4 Å². The van der Waals surface area contributed by atoms with Crippen molar-refractivity contribution in [1.29, 1.82) is 0 Å². The molecule has 61 heavy (non-hydrogen) atoms. The van der Waals surface area contributed by atoms with Crippen LogP contribution >= 0.6 is 0 Å². The van der Waals surface area contributed by atoms with E-state index in [9.17, 15) is 34.8 Å². The quantitative estimate of drug-likeness (QED) is 0.0387. The van der Waals surface area contributed by atoms with Crippen molar-refractivity contribution in [3.63, 3.8) is 0 Å². The Morgan fingerprint density at radius 1 is 0.557 bits per heavy atom. The second-order valence-corrected chi connectivity index (χ2v) is 16.4. The topological polar surface area (TPSA) is 151 Å². The largest absolute Gasteiger partial charge is 0.506 e. The molecule has 7 rings (SSSR count). The van der Waals surface area contributed by atoms with Crippen LogP contribution < -0.4 is 4.74 Å². The summed E-state index contributed by atoms with van der Waals surface area (Å²) >= 11 is 0. The van der Waals surface area contributed by atoms with Gasteiger partial charge >= 0.3 is 17.9 Å². The molecule has 0 fully saturated rings. The van der Waals surface area contributed by atoms with Crippen molar-refractivity contribution in [2.45, 2.75) is 115 Å². The first-order valence-corrected chi connectivity index (χ1v) is 22.1. The molecule has 0 radical (unpaired) electrons. The third-order valence-electron chi connectivity index (χ3n) is 12.3. The highest BCUT2D eigenvalue weighted by Gasteiger charge is 2.49. The van der Waals surface area contributed by atoms with E-state index in [0.29, 0.717) is 39.5 Å². The van der Waals surface area contributed by atoms with Crippen LogP contribution in [0.15, 0.2) is 91.0 Å². The molecule has 0 aliphatic carbocycles. The predicted molar refractivity (Wildman–Crippen MR) is 239 cm³/mol. The number of phenols is 2. The summed E-state index contributed by atoms with van der Waals surface area (Å²) < 4.78 is 12.9. The first-order valence-electron chi connectivity index (χ1n) is 22.1. The summed E-state index contributed by atoms with van der Waals surface area (Å²) in [6, 6.07) is 24.9. The maximum atomic E-state index is 14.4. The Balaban J connectivity index is 1.18. The third-order valence-corrected chi connectivity index (χ3v) is 12.3. The lowest BCUT2D eigenvalue weighted by molar-refractivity contribution is 0.0135. The molecule has 1 aliphatic heterocycles. The van der Waals surface area contributed by atoms with E-state index in [1.165, 1.54) is 95.6 Å². The molecule has 0 saturated carbocycles. The van der Waals surface area contributed by atoms with Gasteiger partial charge in [0.15, 0.2) is 5.60 Å². The SMILES string of the molecule is CCCCCCCCCCCCCCCCCCOc1ccc2c(O)c(C(=O)O)cc(C3(c4cc(C(=O)O)c(O)c5ccccc45)OC(=O)c4cccc5cccc3c45)c2c1. The number of hydrogen-bond donors (Lipinski definition) is 4. The van der Waals surface area contributed by atoms with Gasteiger partial charge in [-0.1, -0.05) is 158 Å². The number of carboxylic acids is 2. The standard InChI is InChI=1S/C52H56O9/c1-2-3-4-5-6-7-8-9-10-11-12-13-14-15-16-19-30-60-35-28-29-38-40(31-35)45(33-42(48(38)54)50(57)58)52(43-27-21-23-34-22-20-26-39(46(34)43)51(59)61-52)44-32-41(49(55)56)47(53)37-25-18-17-24-36(37)44/h17-18,20-29,31-33,53-54H,2-16,19,30H2,1H3,(H,55,56)(H,57,58). The Morgan fingerprint density at radius 2 is 1.07 bits per heavy atom. The molecule has 9 nitrogen and oxygen atoms in total. The minimum atomic E-state index is -1.98. The molecule has 0 bridgehead atoms. The summed E-state index contributed by atoms with van der Waals surface area (Å²) in [6.45, 7) is 2.70. The normalized spacial score (nSPS) is 14.7. The van der Waals surface area contributed by atoms with Gasteiger partial charge in [-0.15, -0.1) is 0 Å². The number of rotatable bonds is 22. The van der Waals surface area contributed by atoms with Gasteiger partial charge in [-0.2, -0.15) is 0 Å². The van der Waals surface area contributed by atoms with Gasteiger partial charge in [0, 0.05) is 32.8 Å². The van der Waals surface area contributed by atoms with Crippen LogP contribution in [-0.4, -0.2) is 44.9 Å². The van der Waals surface area contributed by atoms with E-state index in [1.54, 1.807) is 66.7 Å². The number of aromatic hydroxyl groups is 2. The third kappa shape index (κ3) is 8.88. The number of ether oxygens (including phenoxy) is 2. The van der Waals surface area contributed by atoms with Gasteiger partial charge in [0.05, 0.1) is 12.2 Å². The maximum absolute atomic E-state index is 14.4. The van der Waals surface area contributed by atoms with Gasteiger partial charge in [-0.05, 0) is 59.0 Å². The summed E-state index contributed by atoms with van der Waals surface area (Å²) in [5.41, 5.74) is -1.74. The molecule has 0 amide bonds. The monoisotopic (exact) mass is 824 g/mol. The summed E-state index contributed by atoms with van der Waals surface area (Å²) in [6.07, 6.45) is 20.2. The second kappa shape index (κ2) is 19.5. The number of carbonyl (C=O) groups excluding carboxylic acids is 1. The summed E-state index contributed by atoms with van der Waals surface area (Å²) in [5.74, 6) is -4.01. The first-order chi connectivity index (χ1) is 29.7. The van der Waals surface area contributed by atoms with Gasteiger partial charge in [0.2, 0.25) is 0 Å². The molecule has 1 unspecified atom stereocenters. The first kappa shape index (κ1) is 43.0. The lowest BCUT2D eigenvalue weighted by atomic mass is 9.72. The molecule has 1 heterocycles. The van der Waals surface area contributed by atoms with E-state index < -0.39 is 46.1 Å². The van der Waals surface area contributed by atoms with E-state index in [1.807, 2.05) is 12.1 Å². The number of cyclic esters (lactones) is 1. The number of unbranched alkanes of at least 4 members (excludes halogenated alkanes) is 15. The number of aromatic carboxylic acids is 2. The molecule has 9 heteroatoms. The molecule has 318 valence electrons. The van der Waals surface area contributed by atoms with E-state index in [4.69, 9.17) is 9.47 Å². The van der Waals surface area contributed by atoms with Crippen molar-refractivity contribution in [3.05, 3.63) is 124 Å². The number of esters is 1. The van der Waals surface area contributed by atoms with Crippen molar-refractivity contribution in [2.75, 3.05) is 6.61 Å². The summed E-state index contributed by atoms with van der Waals surface area (Å²) in [5, 5.41) is 45.9. The Hall–Kier alpha value is -6.09. The lowest BCUT2D eigenvalue weighted by Crippen LogP contribution is -2.39. The van der Waals surface area contributed by atoms with E-state index in [2.05, 4.69) is 6.92 Å². The number of hydrogen-bond acceptors (Lipinski definition) is 7. The molecule has 6 aromatic rings. The van der Waals surface area contributed by atoms with Crippen LogP contribution in [0, 0.1) is 0 Å². The van der Waals surface area contributed by atoms with E-state index in [0.717, 1.165) is 19.3 Å². The van der Waals surface area contributed by atoms with Crippen molar-refractivity contribution >= 4 is 50.2 Å². The minimum Gasteiger partial charge on any atom is -0.506 e. The Morgan fingerprint density at radius 3 is 1.64 bits per heavy atom. The van der Waals surface area contributed by atoms with Crippen LogP contribution in [-0.2, 0) is 10.3 Å². The molecule has 6 aromatic carbocycles. The molecule has 4 N–H and O–H groups in total. The van der Waals surface area contributed by atoms with Crippen LogP contribution in [0.2, 0.25) is 0 Å². The second-order valence-electron chi connectivity index (χ2n) is 16.4. The molecular weight excluding hydrogens is 769 g/mol. The summed E-state index contributed by atoms with van der Waals surface area (Å²) in [7, 11) is 0. The van der Waals surface area contributed by atoms with Crippen molar-refractivity contribution < 1.29 is 44.3 Å². The number of carbonyl (C=O) groups is 3. The zero-order valence-corrected chi connectivity index (χ0v) is 35.0. The molecule has 0 spiro atoms. The maximum Gasteiger partial charge on any atom is 0.340 e. The average molecular weight is 825 g/mol. The van der Waals surface area contributed by atoms with Crippen molar-refractivity contribution in [2.24, 2.45) is 0 Å². The molecule has 0 saturated heterocycles. The minimum absolute atomic E-state index is 0.174. The van der Waals surface area contributed by atoms with Crippen molar-refractivity contribution in [3.8, 4) is 17.2 Å². The lowest BCUT2D eigenvalue weighted by Gasteiger charge is -2.40. The van der Waals surface area contributed by atoms with Crippen LogP contribution in [0.1, 0.15) is 157 Å². The van der Waals surface area contributed by atoms with Gasteiger partial charge in [-0.3, -0.25) is 0 Å². The Kier molecular flexibility index (Phi) is 13.8. The van der Waals surface area contributed by atoms with Gasteiger partial charge in [0.1, 0.15) is 28.4 Å². The molecule has 1 aliphatic rings. The molecular formula is C52H56O9. The van der Waals surface area contributed by atoms with Crippen LogP contribution in [0.5, 0.6) is 17.2 Å². The van der Waals surface area contributed by atoms with E-state index in [-0.39, 0.29) is 27.5 Å². The zero-order valence-electron chi connectivity index (χ0n) is 35.0. The highest BCUT2D eigenvalue weighted by molar-refractivity contribution is 6.12. The highest BCUT2D eigenvalue weighted by atomic mass is 16.6. The smallest absolute Gasteiger partial charge is 0.340 e. The fraction of sp³-hybridized carbons (Fsp3) is 0.365. The Bertz CT molecular complexity index is 2550. The van der Waals surface area contributed by atoms with Gasteiger partial charge in [0.25, 0.3) is 0 Å². The van der Waals surface area contributed by atoms with Crippen LogP contribution in [0.4, 0.5) is 0 Å². The number of benzene rings is 6. The van der Waals surface area contributed by atoms with E-state index >= 15 is 0 Å². The number of fused-ring (bicyclic) bond motifs is 2.